The Balaban J connectivity index is 1.71. The number of non-ortho nitro benzene ring substituents is 1. The lowest BCUT2D eigenvalue weighted by atomic mass is 10.1. The first kappa shape index (κ1) is 20.7. The Labute approximate surface area is 191 Å². The van der Waals surface area contributed by atoms with Gasteiger partial charge in [-0.15, -0.1) is 0 Å². The minimum atomic E-state index is -0.421. The summed E-state index contributed by atoms with van der Waals surface area (Å²) in [5.41, 5.74) is 2.18. The largest absolute Gasteiger partial charge is 0.497 e. The number of nitro groups is 1. The van der Waals surface area contributed by atoms with Crippen LogP contribution in [0.5, 0.6) is 11.5 Å². The zero-order valence-electron chi connectivity index (χ0n) is 17.6. The van der Waals surface area contributed by atoms with E-state index in [1.165, 1.54) is 23.5 Å². The number of rotatable bonds is 5. The molecule has 0 spiro atoms. The summed E-state index contributed by atoms with van der Waals surface area (Å²) in [5, 5.41) is 13.0. The minimum Gasteiger partial charge on any atom is -0.497 e. The van der Waals surface area contributed by atoms with E-state index in [1.807, 2.05) is 48.5 Å². The number of fused-ring (bicyclic) bond motifs is 2. The molecule has 5 aromatic rings. The van der Waals surface area contributed by atoms with Crippen molar-refractivity contribution in [3.63, 3.8) is 0 Å². The van der Waals surface area contributed by atoms with Crippen LogP contribution in [0.4, 0.5) is 10.8 Å². The van der Waals surface area contributed by atoms with Crippen molar-refractivity contribution in [2.24, 2.45) is 4.99 Å². The first-order valence-corrected chi connectivity index (χ1v) is 10.7. The molecule has 2 aromatic heterocycles. The Kier molecular flexibility index (Phi) is 5.23. The van der Waals surface area contributed by atoms with Crippen LogP contribution in [0.3, 0.4) is 0 Å². The fraction of sp³-hybridized carbons (Fsp3) is 0.0833. The Morgan fingerprint density at radius 3 is 2.45 bits per heavy atom. The molecule has 0 aliphatic carbocycles. The molecule has 0 atom stereocenters. The van der Waals surface area contributed by atoms with E-state index in [0.29, 0.717) is 37.8 Å². The highest BCUT2D eigenvalue weighted by Crippen LogP contribution is 2.31. The SMILES string of the molecule is COc1ccc(-c2cc(=Nc3nc4ccc([N+](=O)[O-])cc4s3)c3cc(OC)ccc3o2)cc1. The van der Waals surface area contributed by atoms with Crippen molar-refractivity contribution in [3.05, 3.63) is 82.2 Å². The molecule has 2 heterocycles. The molecule has 0 aliphatic rings. The molecule has 0 bridgehead atoms. The van der Waals surface area contributed by atoms with Gasteiger partial charge in [0.25, 0.3) is 5.69 Å². The summed E-state index contributed by atoms with van der Waals surface area (Å²) in [5.74, 6) is 2.05. The lowest BCUT2D eigenvalue weighted by molar-refractivity contribution is -0.384. The van der Waals surface area contributed by atoms with Crippen molar-refractivity contribution in [3.8, 4) is 22.8 Å². The normalized spacial score (nSPS) is 11.8. The molecule has 8 nitrogen and oxygen atoms in total. The van der Waals surface area contributed by atoms with E-state index < -0.39 is 4.92 Å². The van der Waals surface area contributed by atoms with E-state index in [2.05, 4.69) is 4.98 Å². The van der Waals surface area contributed by atoms with Gasteiger partial charge in [0.05, 0.1) is 34.7 Å². The average molecular weight is 459 g/mol. The summed E-state index contributed by atoms with van der Waals surface area (Å²) in [6.07, 6.45) is 0. The van der Waals surface area contributed by atoms with E-state index in [0.717, 1.165) is 16.7 Å². The predicted octanol–water partition coefficient (Wildman–Crippen LogP) is 5.87. The lowest BCUT2D eigenvalue weighted by Crippen LogP contribution is -2.03. The van der Waals surface area contributed by atoms with Gasteiger partial charge in [-0.25, -0.2) is 9.98 Å². The minimum absolute atomic E-state index is 0.0215. The molecule has 0 aliphatic heterocycles. The Morgan fingerprint density at radius 2 is 1.73 bits per heavy atom. The third-order valence-corrected chi connectivity index (χ3v) is 6.02. The summed E-state index contributed by atoms with van der Waals surface area (Å²) in [4.78, 5) is 20.0. The first-order valence-electron chi connectivity index (χ1n) is 9.90. The topological polar surface area (TPSA) is 100.0 Å². The monoisotopic (exact) mass is 459 g/mol. The van der Waals surface area contributed by atoms with Gasteiger partial charge in [0.1, 0.15) is 22.8 Å². The molecular weight excluding hydrogens is 442 g/mol. The van der Waals surface area contributed by atoms with Crippen LogP contribution in [0, 0.1) is 10.1 Å². The van der Waals surface area contributed by atoms with Crippen LogP contribution in [0.25, 0.3) is 32.5 Å². The molecule has 0 N–H and O–H groups in total. The van der Waals surface area contributed by atoms with E-state index in [9.17, 15) is 10.1 Å². The standard InChI is InChI=1S/C24H17N3O5S/c1-30-16-6-3-14(4-7-16)22-13-20(18-12-17(31-2)8-10-21(18)32-22)26-24-25-19-9-5-15(27(28)29)11-23(19)33-24/h3-13H,1-2H3. The van der Waals surface area contributed by atoms with Gasteiger partial charge in [-0.1, -0.05) is 11.3 Å². The molecule has 3 aromatic carbocycles. The molecule has 0 saturated carbocycles. The van der Waals surface area contributed by atoms with Gasteiger partial charge < -0.3 is 13.9 Å². The highest BCUT2D eigenvalue weighted by atomic mass is 32.1. The van der Waals surface area contributed by atoms with Crippen LogP contribution in [0.15, 0.2) is 76.1 Å². The molecule has 0 fully saturated rings. The molecule has 5 rings (SSSR count). The molecule has 0 amide bonds. The quantitative estimate of drug-likeness (QED) is 0.241. The summed E-state index contributed by atoms with van der Waals surface area (Å²) in [7, 11) is 3.22. The van der Waals surface area contributed by atoms with Gasteiger partial charge >= 0.3 is 0 Å². The van der Waals surface area contributed by atoms with Crippen LogP contribution < -0.4 is 14.8 Å². The smallest absolute Gasteiger partial charge is 0.270 e. The Bertz CT molecular complexity index is 1570. The Hall–Kier alpha value is -4.24. The second kappa shape index (κ2) is 8.36. The van der Waals surface area contributed by atoms with Crippen LogP contribution in [-0.4, -0.2) is 24.1 Å². The number of methoxy groups -OCH3 is 2. The summed E-state index contributed by atoms with van der Waals surface area (Å²) in [6, 6.07) is 19.5. The second-order valence-electron chi connectivity index (χ2n) is 7.10. The number of aromatic nitrogens is 1. The molecule has 0 radical (unpaired) electrons. The van der Waals surface area contributed by atoms with Gasteiger partial charge in [-0.2, -0.15) is 0 Å². The number of hydrogen-bond donors (Lipinski definition) is 0. The van der Waals surface area contributed by atoms with Crippen molar-refractivity contribution in [2.75, 3.05) is 14.2 Å². The fourth-order valence-electron chi connectivity index (χ4n) is 3.43. The lowest BCUT2D eigenvalue weighted by Gasteiger charge is -2.07. The molecular formula is C24H17N3O5S. The predicted molar refractivity (Wildman–Crippen MR) is 126 cm³/mol. The second-order valence-corrected chi connectivity index (χ2v) is 8.11. The van der Waals surface area contributed by atoms with E-state index in [1.54, 1.807) is 20.3 Å². The van der Waals surface area contributed by atoms with E-state index in [4.69, 9.17) is 18.9 Å². The van der Waals surface area contributed by atoms with Gasteiger partial charge in [0.15, 0.2) is 0 Å². The van der Waals surface area contributed by atoms with E-state index in [-0.39, 0.29) is 5.69 Å². The number of benzene rings is 3. The average Bonchev–Trinajstić information content (AvgIpc) is 3.25. The van der Waals surface area contributed by atoms with Crippen LogP contribution in [-0.2, 0) is 0 Å². The summed E-state index contributed by atoms with van der Waals surface area (Å²) < 4.78 is 17.5. The van der Waals surface area contributed by atoms with Crippen molar-refractivity contribution in [1.29, 1.82) is 0 Å². The van der Waals surface area contributed by atoms with Crippen molar-refractivity contribution < 1.29 is 18.8 Å². The zero-order valence-corrected chi connectivity index (χ0v) is 18.5. The van der Waals surface area contributed by atoms with Crippen molar-refractivity contribution in [2.45, 2.75) is 0 Å². The maximum Gasteiger partial charge on any atom is 0.270 e. The fourth-order valence-corrected chi connectivity index (χ4v) is 4.31. The van der Waals surface area contributed by atoms with Gasteiger partial charge in [0.2, 0.25) is 5.13 Å². The van der Waals surface area contributed by atoms with Gasteiger partial charge in [-0.3, -0.25) is 10.1 Å². The van der Waals surface area contributed by atoms with Crippen LogP contribution in [0.1, 0.15) is 0 Å². The molecule has 33 heavy (non-hydrogen) atoms. The number of ether oxygens (including phenoxy) is 2. The summed E-state index contributed by atoms with van der Waals surface area (Å²) >= 11 is 1.29. The third kappa shape index (κ3) is 4.01. The van der Waals surface area contributed by atoms with Gasteiger partial charge in [-0.05, 0) is 48.5 Å². The molecule has 9 heteroatoms. The number of thiazole rings is 1. The number of hydrogen-bond acceptors (Lipinski definition) is 8. The van der Waals surface area contributed by atoms with Crippen molar-refractivity contribution in [1.82, 2.24) is 4.98 Å². The van der Waals surface area contributed by atoms with E-state index >= 15 is 0 Å². The van der Waals surface area contributed by atoms with Crippen molar-refractivity contribution >= 4 is 43.3 Å². The maximum absolute atomic E-state index is 11.1. The summed E-state index contributed by atoms with van der Waals surface area (Å²) in [6.45, 7) is 0. The highest BCUT2D eigenvalue weighted by molar-refractivity contribution is 7.21. The highest BCUT2D eigenvalue weighted by Gasteiger charge is 2.12. The first-order chi connectivity index (χ1) is 16.0. The van der Waals surface area contributed by atoms with Gasteiger partial charge in [0, 0.05) is 29.1 Å². The zero-order chi connectivity index (χ0) is 22.9. The molecule has 0 unspecified atom stereocenters. The number of nitro benzene ring substituents is 1. The van der Waals surface area contributed by atoms with Crippen LogP contribution in [0.2, 0.25) is 0 Å². The maximum atomic E-state index is 11.1. The molecule has 0 saturated heterocycles. The Morgan fingerprint density at radius 1 is 0.970 bits per heavy atom. The third-order valence-electron chi connectivity index (χ3n) is 5.11. The van der Waals surface area contributed by atoms with Crippen LogP contribution >= 0.6 is 11.3 Å². The molecule has 164 valence electrons. The number of nitrogens with zero attached hydrogens (tertiary/aromatic N) is 3.